The van der Waals surface area contributed by atoms with Crippen LogP contribution < -0.4 is 9.47 Å². The average molecular weight is 828 g/mol. The number of unbranched alkanes of at least 4 members (excludes halogenated alkanes) is 11. The number of halogens is 3. The molecule has 59 heavy (non-hydrogen) atoms. The Bertz CT molecular complexity index is 1800. The minimum absolute atomic E-state index is 0.109. The van der Waals surface area contributed by atoms with Gasteiger partial charge in [-0.25, -0.2) is 9.59 Å². The number of carboxylic acid groups (broad SMARTS) is 1. The van der Waals surface area contributed by atoms with E-state index in [9.17, 15) is 27.9 Å². The van der Waals surface area contributed by atoms with E-state index in [4.69, 9.17) is 28.8 Å². The molecule has 0 amide bonds. The van der Waals surface area contributed by atoms with E-state index in [1.165, 1.54) is 44.9 Å². The topological polar surface area (TPSA) is 132 Å². The summed E-state index contributed by atoms with van der Waals surface area (Å²) in [6, 6.07) is 12.9. The zero-order valence-electron chi connectivity index (χ0n) is 34.6. The van der Waals surface area contributed by atoms with Gasteiger partial charge >= 0.3 is 24.1 Å². The van der Waals surface area contributed by atoms with Crippen LogP contribution in [-0.2, 0) is 35.7 Å². The Labute approximate surface area is 345 Å². The summed E-state index contributed by atoms with van der Waals surface area (Å²) in [7, 11) is 3.67. The third kappa shape index (κ3) is 10.5. The van der Waals surface area contributed by atoms with E-state index in [1.807, 2.05) is 24.3 Å². The van der Waals surface area contributed by atoms with Crippen molar-refractivity contribution >= 4 is 17.9 Å². The molecule has 0 radical (unpaired) electrons. The van der Waals surface area contributed by atoms with Gasteiger partial charge in [-0.3, -0.25) is 4.79 Å². The number of alkyl halides is 3. The Morgan fingerprint density at radius 3 is 2.20 bits per heavy atom. The van der Waals surface area contributed by atoms with E-state index < -0.39 is 47.3 Å². The molecule has 2 aromatic rings. The maximum atomic E-state index is 14.0. The lowest BCUT2D eigenvalue weighted by molar-refractivity contribution is -0.192. The lowest BCUT2D eigenvalue weighted by Gasteiger charge is -2.61. The van der Waals surface area contributed by atoms with Gasteiger partial charge in [-0.05, 0) is 76.2 Å². The second-order valence-electron chi connectivity index (χ2n) is 16.1. The molecule has 2 aliphatic carbocycles. The van der Waals surface area contributed by atoms with Gasteiger partial charge in [-0.15, -0.1) is 0 Å². The molecule has 2 aromatic carbocycles. The van der Waals surface area contributed by atoms with Crippen molar-refractivity contribution in [2.24, 2.45) is 0 Å². The van der Waals surface area contributed by atoms with E-state index in [2.05, 4.69) is 37.1 Å². The van der Waals surface area contributed by atoms with Crippen molar-refractivity contribution in [3.05, 3.63) is 83.1 Å². The molecule has 4 aliphatic rings. The monoisotopic (exact) mass is 827 g/mol. The summed E-state index contributed by atoms with van der Waals surface area (Å²) in [6.07, 6.45) is 16.6. The predicted octanol–water partition coefficient (Wildman–Crippen LogP) is 9.47. The highest BCUT2D eigenvalue weighted by Crippen LogP contribution is 2.65. The average Bonchev–Trinajstić information content (AvgIpc) is 3.57. The van der Waals surface area contributed by atoms with Gasteiger partial charge in [0.1, 0.15) is 5.76 Å². The first-order valence-electron chi connectivity index (χ1n) is 21.2. The molecule has 1 fully saturated rings. The predicted molar refractivity (Wildman–Crippen MR) is 216 cm³/mol. The fourth-order valence-corrected chi connectivity index (χ4v) is 9.17. The molecule has 1 spiro atoms. The Balaban J connectivity index is 0.000000867. The van der Waals surface area contributed by atoms with E-state index in [-0.39, 0.29) is 12.5 Å². The standard InChI is InChI=1S/C44H59NO7.C2HF3O2/c1-4-5-6-7-8-9-10-11-12-13-14-15-16-17-21-24-37(46)51-39(32-22-19-18-20-23-32)42(47)50-35-27-28-44(48)36-31-33-25-26-34(49-3)40-38(33)43(44,41(35)52-40)29-30-45(36)2;3-2(4,5)1(6)7/h11-12,18-20,22-23,25-27,36,39,41,48H,4-10,13-17,21,24,28-31H2,1-3H3;(H,6,7)/b12-11-;/t36-,39+,41+,43+,44-;/m1./s1. The normalized spacial score (nSPS) is 23.3. The van der Waals surface area contributed by atoms with Gasteiger partial charge in [-0.1, -0.05) is 107 Å². The first-order valence-corrected chi connectivity index (χ1v) is 21.2. The maximum Gasteiger partial charge on any atom is 0.490 e. The number of allylic oxidation sites excluding steroid dienone is 2. The second kappa shape index (κ2) is 20.7. The Morgan fingerprint density at radius 2 is 1.58 bits per heavy atom. The van der Waals surface area contributed by atoms with Gasteiger partial charge in [0.2, 0.25) is 6.10 Å². The van der Waals surface area contributed by atoms with Gasteiger partial charge < -0.3 is 34.1 Å². The number of esters is 2. The summed E-state index contributed by atoms with van der Waals surface area (Å²) in [5.74, 6) is -2.30. The van der Waals surface area contributed by atoms with Gasteiger partial charge in [0.25, 0.3) is 0 Å². The number of carbonyl (C=O) groups is 3. The van der Waals surface area contributed by atoms with Crippen LogP contribution >= 0.6 is 0 Å². The molecule has 1 saturated heterocycles. The van der Waals surface area contributed by atoms with E-state index >= 15 is 0 Å². The lowest BCUT2D eigenvalue weighted by Crippen LogP contribution is -2.74. The van der Waals surface area contributed by atoms with Gasteiger partial charge in [0.15, 0.2) is 17.6 Å². The van der Waals surface area contributed by atoms with Crippen molar-refractivity contribution in [1.82, 2.24) is 4.90 Å². The zero-order chi connectivity index (χ0) is 42.6. The van der Waals surface area contributed by atoms with E-state index in [1.54, 1.807) is 25.3 Å². The molecular formula is C46H60F3NO9. The highest BCUT2D eigenvalue weighted by Gasteiger charge is 2.72. The zero-order valence-corrected chi connectivity index (χ0v) is 34.6. The molecule has 13 heteroatoms. The van der Waals surface area contributed by atoms with Gasteiger partial charge in [0.05, 0.1) is 18.1 Å². The number of carbonyl (C=O) groups excluding carboxylic acids is 2. The summed E-state index contributed by atoms with van der Waals surface area (Å²) in [5.41, 5.74) is 0.734. The number of hydrogen-bond donors (Lipinski definition) is 2. The summed E-state index contributed by atoms with van der Waals surface area (Å²) in [6.45, 7) is 3.02. The summed E-state index contributed by atoms with van der Waals surface area (Å²) < 4.78 is 56.1. The van der Waals surface area contributed by atoms with Crippen LogP contribution in [0.4, 0.5) is 13.2 Å². The van der Waals surface area contributed by atoms with Crippen molar-refractivity contribution < 1.29 is 56.7 Å². The van der Waals surface area contributed by atoms with Crippen LogP contribution in [0.3, 0.4) is 0 Å². The number of likely N-dealkylation sites (N-methyl/N-ethyl adjacent to an activating group) is 1. The number of methoxy groups -OCH3 is 1. The second-order valence-corrected chi connectivity index (χ2v) is 16.1. The molecule has 6 rings (SSSR count). The Kier molecular flexibility index (Phi) is 16.1. The molecule has 2 heterocycles. The van der Waals surface area contributed by atoms with Crippen molar-refractivity contribution in [3.63, 3.8) is 0 Å². The Hall–Kier alpha value is -4.36. The van der Waals surface area contributed by atoms with Crippen LogP contribution in [0, 0.1) is 0 Å². The minimum Gasteiger partial charge on any atom is -0.493 e. The van der Waals surface area contributed by atoms with Gasteiger partial charge in [0, 0.05) is 30.0 Å². The van der Waals surface area contributed by atoms with Crippen LogP contribution in [0.25, 0.3) is 0 Å². The number of aliphatic carboxylic acids is 1. The van der Waals surface area contributed by atoms with Gasteiger partial charge in [-0.2, -0.15) is 13.2 Å². The summed E-state index contributed by atoms with van der Waals surface area (Å²) in [4.78, 5) is 38.3. The first kappa shape index (κ1) is 45.7. The fourth-order valence-electron chi connectivity index (χ4n) is 9.17. The number of rotatable bonds is 20. The molecule has 10 nitrogen and oxygen atoms in total. The molecule has 2 aliphatic heterocycles. The van der Waals surface area contributed by atoms with Crippen LogP contribution in [0.1, 0.15) is 132 Å². The number of likely N-dealkylation sites (tertiary alicyclic amines) is 1. The van der Waals surface area contributed by atoms with Crippen LogP contribution in [0.15, 0.2) is 66.5 Å². The SMILES string of the molecule is CCCCCCCC/C=C\CCCCCCCC(=O)O[C@H](C(=O)OC1=CC[C@@]2(O)[C@H]3Cc4ccc(OC)c5c4[C@@]2(CCN3C)[C@H]1O5)c1ccccc1.O=C(O)C(F)(F)F. The quantitative estimate of drug-likeness (QED) is 0.0756. The minimum atomic E-state index is -5.08. The summed E-state index contributed by atoms with van der Waals surface area (Å²) in [5, 5.41) is 19.6. The summed E-state index contributed by atoms with van der Waals surface area (Å²) >= 11 is 0. The third-order valence-electron chi connectivity index (χ3n) is 12.2. The fraction of sp³-hybridized carbons (Fsp3) is 0.587. The molecule has 2 N–H and O–H groups in total. The maximum absolute atomic E-state index is 14.0. The third-order valence-corrected chi connectivity index (χ3v) is 12.2. The smallest absolute Gasteiger partial charge is 0.490 e. The number of piperidine rings is 1. The molecule has 2 bridgehead atoms. The highest BCUT2D eigenvalue weighted by atomic mass is 19.4. The number of carboxylic acids is 1. The molecule has 0 unspecified atom stereocenters. The lowest BCUT2D eigenvalue weighted by atomic mass is 9.50. The molecular weight excluding hydrogens is 767 g/mol. The number of nitrogens with zero attached hydrogens (tertiary/aromatic N) is 1. The van der Waals surface area contributed by atoms with Crippen molar-refractivity contribution in [1.29, 1.82) is 0 Å². The van der Waals surface area contributed by atoms with E-state index in [0.29, 0.717) is 48.5 Å². The molecule has 324 valence electrons. The Morgan fingerprint density at radius 1 is 0.949 bits per heavy atom. The number of aliphatic hydroxyl groups is 1. The molecule has 5 atom stereocenters. The molecule has 0 saturated carbocycles. The largest absolute Gasteiger partial charge is 0.493 e. The number of benzene rings is 2. The van der Waals surface area contributed by atoms with Crippen molar-refractivity contribution in [2.45, 2.75) is 152 Å². The molecule has 0 aromatic heterocycles. The van der Waals surface area contributed by atoms with Crippen LogP contribution in [0.5, 0.6) is 11.5 Å². The van der Waals surface area contributed by atoms with Crippen LogP contribution in [0.2, 0.25) is 0 Å². The van der Waals surface area contributed by atoms with Crippen LogP contribution in [-0.4, -0.2) is 77.6 Å². The number of ether oxygens (including phenoxy) is 4. The first-order chi connectivity index (χ1) is 28.3. The highest BCUT2D eigenvalue weighted by molar-refractivity contribution is 5.82. The van der Waals surface area contributed by atoms with Crippen molar-refractivity contribution in [3.8, 4) is 11.5 Å². The van der Waals surface area contributed by atoms with Crippen molar-refractivity contribution in [2.75, 3.05) is 20.7 Å². The van der Waals surface area contributed by atoms with E-state index in [0.717, 1.165) is 49.8 Å². The number of hydrogen-bond acceptors (Lipinski definition) is 9.